The van der Waals surface area contributed by atoms with E-state index in [1.54, 1.807) is 12.3 Å². The van der Waals surface area contributed by atoms with Gasteiger partial charge < -0.3 is 9.52 Å². The van der Waals surface area contributed by atoms with E-state index in [9.17, 15) is 5.11 Å². The Morgan fingerprint density at radius 1 is 1.07 bits per heavy atom. The third kappa shape index (κ3) is 2.17. The summed E-state index contributed by atoms with van der Waals surface area (Å²) >= 11 is 6.71. The van der Waals surface area contributed by atoms with Gasteiger partial charge in [-0.15, -0.1) is 0 Å². The van der Waals surface area contributed by atoms with Gasteiger partial charge in [-0.05, 0) is 28.1 Å². The lowest BCUT2D eigenvalue weighted by molar-refractivity contribution is 0.187. The largest absolute Gasteiger partial charge is 0.465 e. The van der Waals surface area contributed by atoms with E-state index in [-0.39, 0.29) is 0 Å². The number of halogens is 2. The minimum absolute atomic E-state index is 0.516. The molecule has 0 aliphatic rings. The van der Waals surface area contributed by atoms with E-state index in [0.717, 1.165) is 14.5 Å². The number of hydrogen-bond acceptors (Lipinski definition) is 2. The second-order valence-corrected chi connectivity index (χ2v) is 4.77. The van der Waals surface area contributed by atoms with Gasteiger partial charge >= 0.3 is 0 Å². The molecule has 15 heavy (non-hydrogen) atoms. The van der Waals surface area contributed by atoms with Crippen LogP contribution < -0.4 is 0 Å². The first-order valence-corrected chi connectivity index (χ1v) is 5.94. The first-order chi connectivity index (χ1) is 7.20. The first-order valence-electron chi connectivity index (χ1n) is 4.35. The molecule has 0 bridgehead atoms. The molecule has 1 N–H and O–H groups in total. The van der Waals surface area contributed by atoms with Crippen LogP contribution in [0.15, 0.2) is 50.0 Å². The topological polar surface area (TPSA) is 33.4 Å². The van der Waals surface area contributed by atoms with Crippen LogP contribution in [0.2, 0.25) is 0 Å². The Labute approximate surface area is 104 Å². The van der Waals surface area contributed by atoms with E-state index in [2.05, 4.69) is 31.9 Å². The molecule has 0 amide bonds. The van der Waals surface area contributed by atoms with Crippen LogP contribution >= 0.6 is 31.9 Å². The van der Waals surface area contributed by atoms with Gasteiger partial charge in [-0.25, -0.2) is 0 Å². The van der Waals surface area contributed by atoms with Gasteiger partial charge in [0.2, 0.25) is 0 Å². The van der Waals surface area contributed by atoms with Crippen LogP contribution in [0.25, 0.3) is 0 Å². The van der Waals surface area contributed by atoms with Crippen molar-refractivity contribution in [2.24, 2.45) is 0 Å². The number of furan rings is 1. The Kier molecular flexibility index (Phi) is 3.29. The van der Waals surface area contributed by atoms with Gasteiger partial charge in [0, 0.05) is 10.0 Å². The molecule has 4 heteroatoms. The minimum Gasteiger partial charge on any atom is -0.465 e. The standard InChI is InChI=1S/C11H8Br2O2/c12-8-4-2-1-3-7(8)10(14)11-9(13)5-6-15-11/h1-6,10,14H. The third-order valence-electron chi connectivity index (χ3n) is 2.09. The Morgan fingerprint density at radius 2 is 1.80 bits per heavy atom. The van der Waals surface area contributed by atoms with Crippen LogP contribution in [-0.2, 0) is 0 Å². The molecular formula is C11H8Br2O2. The molecule has 1 aromatic heterocycles. The van der Waals surface area contributed by atoms with E-state index in [0.29, 0.717) is 5.76 Å². The maximum atomic E-state index is 10.1. The van der Waals surface area contributed by atoms with Crippen LogP contribution in [0.1, 0.15) is 17.4 Å². The molecule has 1 heterocycles. The average Bonchev–Trinajstić information content (AvgIpc) is 2.64. The minimum atomic E-state index is -0.759. The zero-order valence-electron chi connectivity index (χ0n) is 7.65. The lowest BCUT2D eigenvalue weighted by Crippen LogP contribution is -1.99. The molecule has 0 aliphatic heterocycles. The molecule has 0 fully saturated rings. The molecule has 0 saturated carbocycles. The summed E-state index contributed by atoms with van der Waals surface area (Å²) in [4.78, 5) is 0. The van der Waals surface area contributed by atoms with Gasteiger partial charge in [0.25, 0.3) is 0 Å². The fourth-order valence-electron chi connectivity index (χ4n) is 1.34. The fourth-order valence-corrected chi connectivity index (χ4v) is 2.26. The molecule has 78 valence electrons. The van der Waals surface area contributed by atoms with Crippen molar-refractivity contribution in [3.8, 4) is 0 Å². The van der Waals surface area contributed by atoms with Crippen molar-refractivity contribution in [2.45, 2.75) is 6.10 Å². The van der Waals surface area contributed by atoms with Crippen molar-refractivity contribution in [3.05, 3.63) is 56.9 Å². The molecular weight excluding hydrogens is 324 g/mol. The van der Waals surface area contributed by atoms with Crippen LogP contribution in [0.3, 0.4) is 0 Å². The highest BCUT2D eigenvalue weighted by atomic mass is 79.9. The molecule has 2 rings (SSSR count). The maximum Gasteiger partial charge on any atom is 0.150 e. The van der Waals surface area contributed by atoms with E-state index in [1.807, 2.05) is 24.3 Å². The number of aliphatic hydroxyl groups excluding tert-OH is 1. The predicted octanol–water partition coefficient (Wildman–Crippen LogP) is 3.89. The molecule has 0 aliphatic carbocycles. The number of benzene rings is 1. The quantitative estimate of drug-likeness (QED) is 0.905. The molecule has 0 radical (unpaired) electrons. The monoisotopic (exact) mass is 330 g/mol. The van der Waals surface area contributed by atoms with Gasteiger partial charge in [0.1, 0.15) is 6.10 Å². The maximum absolute atomic E-state index is 10.1. The molecule has 2 nitrogen and oxygen atoms in total. The Balaban J connectivity index is 2.41. The van der Waals surface area contributed by atoms with Gasteiger partial charge in [-0.2, -0.15) is 0 Å². The molecule has 1 unspecified atom stereocenters. The van der Waals surface area contributed by atoms with Crippen molar-refractivity contribution in [1.29, 1.82) is 0 Å². The molecule has 1 aromatic carbocycles. The van der Waals surface area contributed by atoms with E-state index < -0.39 is 6.10 Å². The Bertz CT molecular complexity index is 465. The summed E-state index contributed by atoms with van der Waals surface area (Å²) in [6.07, 6.45) is 0.782. The van der Waals surface area contributed by atoms with Crippen molar-refractivity contribution in [1.82, 2.24) is 0 Å². The van der Waals surface area contributed by atoms with Crippen LogP contribution in [-0.4, -0.2) is 5.11 Å². The number of aliphatic hydroxyl groups is 1. The summed E-state index contributed by atoms with van der Waals surface area (Å²) < 4.78 is 6.85. The fraction of sp³-hybridized carbons (Fsp3) is 0.0909. The third-order valence-corrected chi connectivity index (χ3v) is 3.47. The molecule has 0 saturated heterocycles. The summed E-state index contributed by atoms with van der Waals surface area (Å²) in [5.41, 5.74) is 0.785. The van der Waals surface area contributed by atoms with Gasteiger partial charge in [0.05, 0.1) is 10.7 Å². The molecule has 0 spiro atoms. The normalized spacial score (nSPS) is 12.7. The highest BCUT2D eigenvalue weighted by Crippen LogP contribution is 2.32. The van der Waals surface area contributed by atoms with E-state index >= 15 is 0 Å². The van der Waals surface area contributed by atoms with Crippen LogP contribution in [0.5, 0.6) is 0 Å². The molecule has 1 atom stereocenters. The summed E-state index contributed by atoms with van der Waals surface area (Å²) in [6, 6.07) is 9.27. The van der Waals surface area contributed by atoms with Crippen LogP contribution in [0.4, 0.5) is 0 Å². The second kappa shape index (κ2) is 4.51. The number of hydrogen-bond donors (Lipinski definition) is 1. The molecule has 2 aromatic rings. The zero-order valence-corrected chi connectivity index (χ0v) is 10.8. The van der Waals surface area contributed by atoms with Crippen molar-refractivity contribution in [2.75, 3.05) is 0 Å². The summed E-state index contributed by atoms with van der Waals surface area (Å²) in [6.45, 7) is 0. The second-order valence-electron chi connectivity index (χ2n) is 3.06. The SMILES string of the molecule is OC(c1ccccc1Br)c1occc1Br. The Hall–Kier alpha value is -0.580. The average molecular weight is 332 g/mol. The smallest absolute Gasteiger partial charge is 0.150 e. The zero-order chi connectivity index (χ0) is 10.8. The lowest BCUT2D eigenvalue weighted by atomic mass is 10.1. The highest BCUT2D eigenvalue weighted by Gasteiger charge is 2.18. The highest BCUT2D eigenvalue weighted by molar-refractivity contribution is 9.10. The van der Waals surface area contributed by atoms with Crippen LogP contribution in [0, 0.1) is 0 Å². The van der Waals surface area contributed by atoms with Crippen molar-refractivity contribution < 1.29 is 9.52 Å². The van der Waals surface area contributed by atoms with E-state index in [4.69, 9.17) is 4.42 Å². The van der Waals surface area contributed by atoms with Gasteiger partial charge in [-0.1, -0.05) is 34.1 Å². The van der Waals surface area contributed by atoms with Crippen molar-refractivity contribution >= 4 is 31.9 Å². The van der Waals surface area contributed by atoms with E-state index in [1.165, 1.54) is 0 Å². The summed E-state index contributed by atoms with van der Waals surface area (Å²) in [5, 5.41) is 10.1. The Morgan fingerprint density at radius 3 is 2.40 bits per heavy atom. The lowest BCUT2D eigenvalue weighted by Gasteiger charge is -2.10. The first kappa shape index (κ1) is 10.9. The predicted molar refractivity (Wildman–Crippen MR) is 64.6 cm³/mol. The summed E-state index contributed by atoms with van der Waals surface area (Å²) in [7, 11) is 0. The summed E-state index contributed by atoms with van der Waals surface area (Å²) in [5.74, 6) is 0.516. The number of rotatable bonds is 2. The van der Waals surface area contributed by atoms with Gasteiger partial charge in [-0.3, -0.25) is 0 Å². The van der Waals surface area contributed by atoms with Crippen molar-refractivity contribution in [3.63, 3.8) is 0 Å². The van der Waals surface area contributed by atoms with Gasteiger partial charge in [0.15, 0.2) is 5.76 Å².